The van der Waals surface area contributed by atoms with Crippen LogP contribution in [0, 0.1) is 0 Å². The minimum absolute atomic E-state index is 0.455. The van der Waals surface area contributed by atoms with Crippen LogP contribution in [0.15, 0.2) is 60.9 Å². The molecule has 0 spiro atoms. The van der Waals surface area contributed by atoms with Crippen LogP contribution in [-0.2, 0) is 0 Å². The molecule has 4 rings (SSSR count). The lowest BCUT2D eigenvalue weighted by Crippen LogP contribution is -2.00. The van der Waals surface area contributed by atoms with Crippen LogP contribution in [-0.4, -0.2) is 36.3 Å². The monoisotopic (exact) mass is 420 g/mol. The van der Waals surface area contributed by atoms with E-state index < -0.39 is 0 Å². The van der Waals surface area contributed by atoms with Gasteiger partial charge in [0.05, 0.1) is 31.9 Å². The van der Waals surface area contributed by atoms with Gasteiger partial charge in [0, 0.05) is 35.8 Å². The molecule has 0 aliphatic heterocycles. The molecule has 2 aromatic heterocycles. The van der Waals surface area contributed by atoms with Crippen molar-refractivity contribution in [2.24, 2.45) is 0 Å². The van der Waals surface area contributed by atoms with Crippen LogP contribution in [0.2, 0.25) is 0 Å². The number of nitrogens with zero attached hydrogens (tertiary/aromatic N) is 3. The number of nitrogens with one attached hydrogen (secondary N) is 1. The minimum atomic E-state index is 0.455. The zero-order valence-corrected chi connectivity index (χ0v) is 17.6. The van der Waals surface area contributed by atoms with Crippen LogP contribution in [0.25, 0.3) is 21.1 Å². The van der Waals surface area contributed by atoms with Crippen molar-refractivity contribution in [1.29, 1.82) is 0 Å². The van der Waals surface area contributed by atoms with Crippen LogP contribution in [0.3, 0.4) is 0 Å². The molecule has 0 amide bonds. The van der Waals surface area contributed by atoms with Crippen molar-refractivity contribution in [1.82, 2.24) is 15.0 Å². The van der Waals surface area contributed by atoms with Gasteiger partial charge in [-0.05, 0) is 6.07 Å². The van der Waals surface area contributed by atoms with Crippen molar-refractivity contribution < 1.29 is 14.2 Å². The van der Waals surface area contributed by atoms with E-state index in [2.05, 4.69) is 20.3 Å². The van der Waals surface area contributed by atoms with E-state index >= 15 is 0 Å². The van der Waals surface area contributed by atoms with Gasteiger partial charge in [-0.2, -0.15) is 0 Å². The number of hydrogen-bond acceptors (Lipinski definition) is 8. The smallest absolute Gasteiger partial charge is 0.227 e. The Balaban J connectivity index is 1.61. The van der Waals surface area contributed by atoms with Gasteiger partial charge in [0.25, 0.3) is 0 Å². The van der Waals surface area contributed by atoms with Crippen molar-refractivity contribution in [2.45, 2.75) is 0 Å². The van der Waals surface area contributed by atoms with Gasteiger partial charge in [-0.25, -0.2) is 15.0 Å². The molecular weight excluding hydrogens is 400 g/mol. The number of benzene rings is 2. The van der Waals surface area contributed by atoms with Crippen LogP contribution in [0.4, 0.5) is 11.6 Å². The number of hydrogen-bond donors (Lipinski definition) is 1. The third-order valence-electron chi connectivity index (χ3n) is 4.36. The Labute approximate surface area is 178 Å². The first-order chi connectivity index (χ1) is 14.7. The predicted octanol–water partition coefficient (Wildman–Crippen LogP) is 5.04. The quantitative estimate of drug-likeness (QED) is 0.449. The molecule has 0 bridgehead atoms. The molecule has 1 N–H and O–H groups in total. The van der Waals surface area contributed by atoms with E-state index in [-0.39, 0.29) is 0 Å². The first-order valence-corrected chi connectivity index (χ1v) is 9.95. The van der Waals surface area contributed by atoms with Gasteiger partial charge in [0.1, 0.15) is 5.01 Å². The Hall–Kier alpha value is -3.65. The number of methoxy groups -OCH3 is 3. The summed E-state index contributed by atoms with van der Waals surface area (Å²) in [5, 5.41) is 4.15. The molecule has 8 heteroatoms. The predicted molar refractivity (Wildman–Crippen MR) is 118 cm³/mol. The average molecular weight is 420 g/mol. The third kappa shape index (κ3) is 4.04. The number of ether oxygens (including phenoxy) is 3. The molecule has 0 saturated carbocycles. The Morgan fingerprint density at radius 3 is 2.27 bits per heavy atom. The summed E-state index contributed by atoms with van der Waals surface area (Å²) in [7, 11) is 4.72. The van der Waals surface area contributed by atoms with Crippen LogP contribution < -0.4 is 19.5 Å². The lowest BCUT2D eigenvalue weighted by Gasteiger charge is -2.14. The van der Waals surface area contributed by atoms with Crippen LogP contribution in [0.5, 0.6) is 17.2 Å². The first kappa shape index (κ1) is 19.7. The molecule has 7 nitrogen and oxygen atoms in total. The largest absolute Gasteiger partial charge is 0.493 e. The summed E-state index contributed by atoms with van der Waals surface area (Å²) in [4.78, 5) is 14.5. The van der Waals surface area contributed by atoms with Crippen molar-refractivity contribution in [3.05, 3.63) is 60.9 Å². The van der Waals surface area contributed by atoms with Crippen molar-refractivity contribution >= 4 is 23.0 Å². The zero-order valence-electron chi connectivity index (χ0n) is 16.7. The highest BCUT2D eigenvalue weighted by molar-refractivity contribution is 7.18. The fourth-order valence-electron chi connectivity index (χ4n) is 2.95. The highest BCUT2D eigenvalue weighted by Gasteiger charge is 2.14. The van der Waals surface area contributed by atoms with E-state index in [0.29, 0.717) is 23.2 Å². The number of thiazole rings is 1. The highest BCUT2D eigenvalue weighted by atomic mass is 32.1. The number of aromatic nitrogens is 3. The average Bonchev–Trinajstić information content (AvgIpc) is 3.29. The van der Waals surface area contributed by atoms with Gasteiger partial charge >= 0.3 is 0 Å². The van der Waals surface area contributed by atoms with E-state index in [9.17, 15) is 0 Å². The van der Waals surface area contributed by atoms with Gasteiger partial charge in [-0.1, -0.05) is 30.3 Å². The first-order valence-electron chi connectivity index (χ1n) is 9.13. The summed E-state index contributed by atoms with van der Waals surface area (Å²) in [6, 6.07) is 15.5. The highest BCUT2D eigenvalue weighted by Crippen LogP contribution is 2.40. The van der Waals surface area contributed by atoms with Crippen LogP contribution in [0.1, 0.15) is 0 Å². The Bertz CT molecular complexity index is 1120. The molecule has 152 valence electrons. The molecule has 0 unspecified atom stereocenters. The fourth-order valence-corrected chi connectivity index (χ4v) is 3.84. The van der Waals surface area contributed by atoms with Crippen molar-refractivity contribution in [2.75, 3.05) is 26.6 Å². The van der Waals surface area contributed by atoms with Gasteiger partial charge in [-0.3, -0.25) is 0 Å². The third-order valence-corrected chi connectivity index (χ3v) is 5.42. The van der Waals surface area contributed by atoms with E-state index in [1.54, 1.807) is 51.0 Å². The molecule has 0 fully saturated rings. The summed E-state index contributed by atoms with van der Waals surface area (Å²) in [6.07, 6.45) is 3.54. The second-order valence-electron chi connectivity index (χ2n) is 6.20. The maximum atomic E-state index is 5.40. The van der Waals surface area contributed by atoms with E-state index in [4.69, 9.17) is 14.2 Å². The van der Waals surface area contributed by atoms with Crippen LogP contribution >= 0.6 is 11.3 Å². The van der Waals surface area contributed by atoms with Gasteiger partial charge in [0.15, 0.2) is 11.5 Å². The topological polar surface area (TPSA) is 78.4 Å². The van der Waals surface area contributed by atoms with Gasteiger partial charge in [0.2, 0.25) is 11.7 Å². The fraction of sp³-hybridized carbons (Fsp3) is 0.136. The zero-order chi connectivity index (χ0) is 20.9. The summed E-state index contributed by atoms with van der Waals surface area (Å²) in [6.45, 7) is 0. The molecular formula is C22H20N4O3S. The maximum absolute atomic E-state index is 5.40. The number of anilines is 2. The maximum Gasteiger partial charge on any atom is 0.227 e. The second-order valence-corrected chi connectivity index (χ2v) is 7.23. The SMILES string of the molecule is COc1cc(Nc2nccc(-c3cnc(-c4ccccc4)s3)n2)cc(OC)c1OC. The lowest BCUT2D eigenvalue weighted by atomic mass is 10.2. The molecule has 2 heterocycles. The van der Waals surface area contributed by atoms with Gasteiger partial charge in [-0.15, -0.1) is 11.3 Å². The molecule has 2 aromatic carbocycles. The standard InChI is InChI=1S/C22H20N4O3S/c1-27-17-11-15(12-18(28-2)20(17)29-3)25-22-23-10-9-16(26-22)19-13-24-21(30-19)14-7-5-4-6-8-14/h4-13H,1-3H3,(H,23,25,26). The number of rotatable bonds is 7. The Morgan fingerprint density at radius 2 is 1.60 bits per heavy atom. The summed E-state index contributed by atoms with van der Waals surface area (Å²) in [5.74, 6) is 2.07. The second kappa shape index (κ2) is 8.79. The molecule has 4 aromatic rings. The summed E-state index contributed by atoms with van der Waals surface area (Å²) in [5.41, 5.74) is 2.59. The summed E-state index contributed by atoms with van der Waals surface area (Å²) < 4.78 is 16.2. The Morgan fingerprint density at radius 1 is 0.867 bits per heavy atom. The normalized spacial score (nSPS) is 10.5. The molecule has 0 aliphatic carbocycles. The van der Waals surface area contributed by atoms with Crippen molar-refractivity contribution in [3.8, 4) is 38.4 Å². The molecule has 0 aliphatic rings. The molecule has 0 saturated heterocycles. The molecule has 0 radical (unpaired) electrons. The van der Waals surface area contributed by atoms with Crippen molar-refractivity contribution in [3.63, 3.8) is 0 Å². The van der Waals surface area contributed by atoms with E-state index in [0.717, 1.165) is 26.8 Å². The lowest BCUT2D eigenvalue weighted by molar-refractivity contribution is 0.324. The van der Waals surface area contributed by atoms with E-state index in [1.807, 2.05) is 42.6 Å². The molecule has 30 heavy (non-hydrogen) atoms. The van der Waals surface area contributed by atoms with E-state index in [1.165, 1.54) is 0 Å². The minimum Gasteiger partial charge on any atom is -0.493 e. The van der Waals surface area contributed by atoms with Gasteiger partial charge < -0.3 is 19.5 Å². The molecule has 0 atom stereocenters. The Kier molecular flexibility index (Phi) is 5.76. The summed E-state index contributed by atoms with van der Waals surface area (Å²) >= 11 is 1.59.